The van der Waals surface area contributed by atoms with E-state index in [-0.39, 0.29) is 12.0 Å². The smallest absolute Gasteiger partial charge is 0.409 e. The van der Waals surface area contributed by atoms with E-state index < -0.39 is 6.04 Å². The largest absolute Gasteiger partial charge is 0.453 e. The Hall–Kier alpha value is -2.09. The topological polar surface area (TPSA) is 93.7 Å². The van der Waals surface area contributed by atoms with E-state index in [1.54, 1.807) is 33.9 Å². The zero-order valence-corrected chi connectivity index (χ0v) is 11.7. The molecule has 8 heteroatoms. The monoisotopic (exact) mass is 281 g/mol. The third-order valence-electron chi connectivity index (χ3n) is 3.37. The molecule has 1 unspecified atom stereocenters. The molecule has 1 aliphatic heterocycles. The van der Waals surface area contributed by atoms with E-state index in [0.717, 1.165) is 0 Å². The van der Waals surface area contributed by atoms with E-state index in [2.05, 4.69) is 9.84 Å². The molecule has 1 saturated heterocycles. The Morgan fingerprint density at radius 3 is 2.40 bits per heavy atom. The van der Waals surface area contributed by atoms with Gasteiger partial charge in [0.15, 0.2) is 0 Å². The van der Waals surface area contributed by atoms with Crippen LogP contribution in [0.2, 0.25) is 0 Å². The molecule has 0 bridgehead atoms. The summed E-state index contributed by atoms with van der Waals surface area (Å²) in [6.45, 7) is 1.83. The highest BCUT2D eigenvalue weighted by Gasteiger charge is 2.28. The maximum absolute atomic E-state index is 12.3. The second-order valence-corrected chi connectivity index (χ2v) is 4.71. The number of piperazine rings is 1. The molecule has 0 saturated carbocycles. The summed E-state index contributed by atoms with van der Waals surface area (Å²) in [7, 11) is 3.12. The molecule has 1 aromatic heterocycles. The number of nitrogens with two attached hydrogens (primary N) is 1. The first-order valence-corrected chi connectivity index (χ1v) is 6.38. The maximum atomic E-state index is 12.3. The molecule has 1 aliphatic rings. The summed E-state index contributed by atoms with van der Waals surface area (Å²) < 4.78 is 6.26. The summed E-state index contributed by atoms with van der Waals surface area (Å²) in [5.74, 6) is -0.150. The fourth-order valence-electron chi connectivity index (χ4n) is 2.18. The summed E-state index contributed by atoms with van der Waals surface area (Å²) in [4.78, 5) is 26.9. The van der Waals surface area contributed by atoms with E-state index in [9.17, 15) is 9.59 Å². The number of hydrogen-bond donors (Lipinski definition) is 1. The standard InChI is InChI=1S/C12H19N5O3/c1-15-8-9(7-14-15)10(13)11(18)16-3-5-17(6-4-16)12(19)20-2/h7-8,10H,3-6,13H2,1-2H3. The number of rotatable bonds is 2. The average Bonchev–Trinajstić information content (AvgIpc) is 2.91. The van der Waals surface area contributed by atoms with Gasteiger partial charge in [-0.3, -0.25) is 9.48 Å². The van der Waals surface area contributed by atoms with Gasteiger partial charge in [-0.1, -0.05) is 0 Å². The minimum absolute atomic E-state index is 0.150. The van der Waals surface area contributed by atoms with Gasteiger partial charge >= 0.3 is 6.09 Å². The molecular weight excluding hydrogens is 262 g/mol. The van der Waals surface area contributed by atoms with Crippen LogP contribution in [0.15, 0.2) is 12.4 Å². The van der Waals surface area contributed by atoms with Crippen molar-refractivity contribution < 1.29 is 14.3 Å². The normalized spacial score (nSPS) is 16.9. The van der Waals surface area contributed by atoms with Crippen LogP contribution in [0.25, 0.3) is 0 Å². The minimum atomic E-state index is -0.714. The van der Waals surface area contributed by atoms with E-state index >= 15 is 0 Å². The van der Waals surface area contributed by atoms with Crippen molar-refractivity contribution in [1.82, 2.24) is 19.6 Å². The highest BCUT2D eigenvalue weighted by Crippen LogP contribution is 2.14. The quantitative estimate of drug-likeness (QED) is 0.776. The lowest BCUT2D eigenvalue weighted by Gasteiger charge is -2.34. The van der Waals surface area contributed by atoms with Crippen molar-refractivity contribution in [2.75, 3.05) is 33.3 Å². The maximum Gasteiger partial charge on any atom is 0.409 e. The third kappa shape index (κ3) is 2.90. The number of carbonyl (C=O) groups excluding carboxylic acids is 2. The molecule has 0 aromatic carbocycles. The van der Waals surface area contributed by atoms with Crippen LogP contribution in [0.3, 0.4) is 0 Å². The second-order valence-electron chi connectivity index (χ2n) is 4.71. The highest BCUT2D eigenvalue weighted by molar-refractivity contribution is 5.83. The third-order valence-corrected chi connectivity index (χ3v) is 3.37. The summed E-state index contributed by atoms with van der Waals surface area (Å²) >= 11 is 0. The lowest BCUT2D eigenvalue weighted by Crippen LogP contribution is -2.52. The Labute approximate surface area is 117 Å². The number of aromatic nitrogens is 2. The van der Waals surface area contributed by atoms with Crippen LogP contribution in [-0.2, 0) is 16.6 Å². The summed E-state index contributed by atoms with van der Waals surface area (Å²) in [6, 6.07) is -0.714. The molecule has 0 aliphatic carbocycles. The number of carbonyl (C=O) groups is 2. The van der Waals surface area contributed by atoms with Crippen molar-refractivity contribution >= 4 is 12.0 Å². The van der Waals surface area contributed by atoms with Gasteiger partial charge in [-0.05, 0) is 0 Å². The summed E-state index contributed by atoms with van der Waals surface area (Å²) in [5.41, 5.74) is 6.64. The second kappa shape index (κ2) is 5.91. The average molecular weight is 281 g/mol. The molecular formula is C12H19N5O3. The van der Waals surface area contributed by atoms with Crippen molar-refractivity contribution in [2.24, 2.45) is 12.8 Å². The predicted molar refractivity (Wildman–Crippen MR) is 70.7 cm³/mol. The SMILES string of the molecule is COC(=O)N1CCN(C(=O)C(N)c2cnn(C)c2)CC1. The Bertz CT molecular complexity index is 493. The Kier molecular flexibility index (Phi) is 4.23. The molecule has 110 valence electrons. The molecule has 1 aromatic rings. The van der Waals surface area contributed by atoms with Gasteiger partial charge in [0.25, 0.3) is 0 Å². The van der Waals surface area contributed by atoms with Crippen molar-refractivity contribution in [2.45, 2.75) is 6.04 Å². The van der Waals surface area contributed by atoms with Gasteiger partial charge in [0, 0.05) is 45.0 Å². The number of methoxy groups -OCH3 is 1. The van der Waals surface area contributed by atoms with Crippen LogP contribution < -0.4 is 5.73 Å². The van der Waals surface area contributed by atoms with Gasteiger partial charge < -0.3 is 20.3 Å². The van der Waals surface area contributed by atoms with Crippen molar-refractivity contribution in [3.63, 3.8) is 0 Å². The summed E-state index contributed by atoms with van der Waals surface area (Å²) in [5, 5.41) is 4.01. The number of amides is 2. The molecule has 2 N–H and O–H groups in total. The van der Waals surface area contributed by atoms with Crippen LogP contribution in [0.1, 0.15) is 11.6 Å². The first kappa shape index (κ1) is 14.3. The van der Waals surface area contributed by atoms with Gasteiger partial charge in [0.2, 0.25) is 5.91 Å². The number of hydrogen-bond acceptors (Lipinski definition) is 5. The van der Waals surface area contributed by atoms with Crippen LogP contribution in [0.5, 0.6) is 0 Å². The molecule has 20 heavy (non-hydrogen) atoms. The molecule has 0 radical (unpaired) electrons. The molecule has 1 fully saturated rings. The fraction of sp³-hybridized carbons (Fsp3) is 0.583. The molecule has 2 heterocycles. The van der Waals surface area contributed by atoms with Crippen LogP contribution >= 0.6 is 0 Å². The van der Waals surface area contributed by atoms with E-state index in [4.69, 9.17) is 5.73 Å². The van der Waals surface area contributed by atoms with Crippen molar-refractivity contribution in [3.8, 4) is 0 Å². The zero-order chi connectivity index (χ0) is 14.7. The summed E-state index contributed by atoms with van der Waals surface area (Å²) in [6.07, 6.45) is 2.95. The van der Waals surface area contributed by atoms with Crippen LogP contribution in [-0.4, -0.2) is 64.9 Å². The van der Waals surface area contributed by atoms with E-state index in [1.165, 1.54) is 7.11 Å². The van der Waals surface area contributed by atoms with Gasteiger partial charge in [-0.2, -0.15) is 5.10 Å². The zero-order valence-electron chi connectivity index (χ0n) is 11.7. The molecule has 8 nitrogen and oxygen atoms in total. The molecule has 0 spiro atoms. The van der Waals surface area contributed by atoms with Gasteiger partial charge in [0.05, 0.1) is 13.3 Å². The predicted octanol–water partition coefficient (Wildman–Crippen LogP) is -0.669. The lowest BCUT2D eigenvalue weighted by atomic mass is 10.1. The number of aryl methyl sites for hydroxylation is 1. The van der Waals surface area contributed by atoms with Crippen LogP contribution in [0.4, 0.5) is 4.79 Å². The van der Waals surface area contributed by atoms with Crippen molar-refractivity contribution in [3.05, 3.63) is 18.0 Å². The van der Waals surface area contributed by atoms with Gasteiger partial charge in [0.1, 0.15) is 6.04 Å². The van der Waals surface area contributed by atoms with E-state index in [0.29, 0.717) is 31.7 Å². The molecule has 2 rings (SSSR count). The fourth-order valence-corrected chi connectivity index (χ4v) is 2.18. The first-order chi connectivity index (χ1) is 9.52. The van der Waals surface area contributed by atoms with Crippen molar-refractivity contribution in [1.29, 1.82) is 0 Å². The highest BCUT2D eigenvalue weighted by atomic mass is 16.5. The number of ether oxygens (including phenoxy) is 1. The Morgan fingerprint density at radius 1 is 1.30 bits per heavy atom. The van der Waals surface area contributed by atoms with Gasteiger partial charge in [-0.15, -0.1) is 0 Å². The molecule has 2 amide bonds. The number of nitrogens with zero attached hydrogens (tertiary/aromatic N) is 4. The van der Waals surface area contributed by atoms with E-state index in [1.807, 2.05) is 0 Å². The van der Waals surface area contributed by atoms with Crippen LogP contribution in [0, 0.1) is 0 Å². The van der Waals surface area contributed by atoms with Gasteiger partial charge in [-0.25, -0.2) is 4.79 Å². The lowest BCUT2D eigenvalue weighted by molar-refractivity contribution is -0.134. The first-order valence-electron chi connectivity index (χ1n) is 6.38. The minimum Gasteiger partial charge on any atom is -0.453 e. The molecule has 1 atom stereocenters. The Balaban J connectivity index is 1.93. The Morgan fingerprint density at radius 2 is 1.90 bits per heavy atom.